The highest BCUT2D eigenvalue weighted by atomic mass is 79.9. The van der Waals surface area contributed by atoms with Crippen LogP contribution in [0.15, 0.2) is 39.8 Å². The summed E-state index contributed by atoms with van der Waals surface area (Å²) in [4.78, 5) is 6.36. The predicted molar refractivity (Wildman–Crippen MR) is 115 cm³/mol. The molecule has 4 nitrogen and oxygen atoms in total. The molecule has 1 aliphatic heterocycles. The number of halogens is 1. The normalized spacial score (nSPS) is 13.1. The van der Waals surface area contributed by atoms with E-state index >= 15 is 0 Å². The van der Waals surface area contributed by atoms with E-state index in [1.54, 1.807) is 0 Å². The van der Waals surface area contributed by atoms with Crippen molar-refractivity contribution in [2.24, 2.45) is 4.99 Å². The minimum absolute atomic E-state index is 0.546. The molecule has 0 aliphatic carbocycles. The highest BCUT2D eigenvalue weighted by Gasteiger charge is 2.25. The molecular weight excluding hydrogens is 420 g/mol. The fourth-order valence-corrected chi connectivity index (χ4v) is 5.25. The first-order chi connectivity index (χ1) is 13.2. The molecule has 6 heteroatoms. The highest BCUT2D eigenvalue weighted by molar-refractivity contribution is 9.10. The van der Waals surface area contributed by atoms with Crippen molar-refractivity contribution >= 4 is 33.0 Å². The second-order valence-electron chi connectivity index (χ2n) is 6.89. The minimum Gasteiger partial charge on any atom is -0.276 e. The van der Waals surface area contributed by atoms with E-state index in [1.807, 2.05) is 24.3 Å². The fourth-order valence-electron chi connectivity index (χ4n) is 3.51. The van der Waals surface area contributed by atoms with Crippen LogP contribution in [0, 0.1) is 6.92 Å². The van der Waals surface area contributed by atoms with Crippen LogP contribution in [-0.2, 0) is 13.0 Å². The number of aromatic nitrogens is 3. The number of thiophene rings is 1. The van der Waals surface area contributed by atoms with Gasteiger partial charge in [0.15, 0.2) is 5.82 Å². The number of aryl methyl sites for hydroxylation is 2. The van der Waals surface area contributed by atoms with Gasteiger partial charge in [-0.05, 0) is 31.9 Å². The van der Waals surface area contributed by atoms with Gasteiger partial charge in [-0.25, -0.2) is 0 Å². The van der Waals surface area contributed by atoms with Crippen molar-refractivity contribution < 1.29 is 0 Å². The van der Waals surface area contributed by atoms with Crippen LogP contribution in [0.3, 0.4) is 0 Å². The van der Waals surface area contributed by atoms with Gasteiger partial charge in [-0.2, -0.15) is 0 Å². The molecule has 27 heavy (non-hydrogen) atoms. The summed E-state index contributed by atoms with van der Waals surface area (Å²) in [6.07, 6.45) is 6.23. The minimum atomic E-state index is 0.546. The summed E-state index contributed by atoms with van der Waals surface area (Å²) in [6, 6.07) is 10.6. The number of fused-ring (bicyclic) bond motifs is 3. The van der Waals surface area contributed by atoms with Gasteiger partial charge < -0.3 is 0 Å². The number of rotatable bonds is 6. The fraction of sp³-hybridized carbons (Fsp3) is 0.381. The predicted octanol–water partition coefficient (Wildman–Crippen LogP) is 5.87. The first-order valence-corrected chi connectivity index (χ1v) is 11.1. The summed E-state index contributed by atoms with van der Waals surface area (Å²) in [7, 11) is 0. The van der Waals surface area contributed by atoms with Crippen molar-refractivity contribution in [3.8, 4) is 5.00 Å². The summed E-state index contributed by atoms with van der Waals surface area (Å²) in [6.45, 7) is 4.82. The zero-order valence-corrected chi connectivity index (χ0v) is 18.1. The van der Waals surface area contributed by atoms with Crippen LogP contribution in [0.2, 0.25) is 0 Å². The maximum Gasteiger partial charge on any atom is 0.160 e. The molecule has 0 unspecified atom stereocenters. The quantitative estimate of drug-likeness (QED) is 0.447. The van der Waals surface area contributed by atoms with Crippen molar-refractivity contribution in [2.75, 3.05) is 0 Å². The average Bonchev–Trinajstić information content (AvgIpc) is 3.20. The van der Waals surface area contributed by atoms with Crippen molar-refractivity contribution in [2.45, 2.75) is 52.5 Å². The largest absolute Gasteiger partial charge is 0.276 e. The molecular formula is C21H23BrN4S. The summed E-state index contributed by atoms with van der Waals surface area (Å²) in [5.41, 5.74) is 3.36. The molecule has 3 aromatic rings. The number of benzene rings is 1. The zero-order chi connectivity index (χ0) is 18.8. The first kappa shape index (κ1) is 18.6. The Bertz CT molecular complexity index is 986. The maximum absolute atomic E-state index is 4.94. The average molecular weight is 443 g/mol. The molecule has 1 aliphatic rings. The zero-order valence-electron chi connectivity index (χ0n) is 15.7. The topological polar surface area (TPSA) is 43.1 Å². The molecule has 3 heterocycles. The van der Waals surface area contributed by atoms with Crippen LogP contribution in [0.4, 0.5) is 0 Å². The molecule has 0 saturated carbocycles. The Hall–Kier alpha value is -1.79. The van der Waals surface area contributed by atoms with Crippen LogP contribution in [0.25, 0.3) is 5.00 Å². The lowest BCUT2D eigenvalue weighted by Gasteiger charge is -2.08. The first-order valence-electron chi connectivity index (χ1n) is 9.52. The lowest BCUT2D eigenvalue weighted by molar-refractivity contribution is 0.670. The van der Waals surface area contributed by atoms with Crippen LogP contribution in [0.1, 0.15) is 60.3 Å². The van der Waals surface area contributed by atoms with Gasteiger partial charge in [-0.1, -0.05) is 60.3 Å². The Labute approximate surface area is 172 Å². The Morgan fingerprint density at radius 1 is 1.11 bits per heavy atom. The summed E-state index contributed by atoms with van der Waals surface area (Å²) >= 11 is 5.56. The van der Waals surface area contributed by atoms with Crippen molar-refractivity contribution in [1.29, 1.82) is 0 Å². The van der Waals surface area contributed by atoms with Crippen molar-refractivity contribution in [3.05, 3.63) is 62.5 Å². The summed E-state index contributed by atoms with van der Waals surface area (Å²) in [5, 5.41) is 9.85. The van der Waals surface area contributed by atoms with E-state index in [2.05, 4.69) is 61.9 Å². The summed E-state index contributed by atoms with van der Waals surface area (Å²) < 4.78 is 3.25. The second kappa shape index (κ2) is 8.07. The lowest BCUT2D eigenvalue weighted by atomic mass is 10.0. The van der Waals surface area contributed by atoms with E-state index in [9.17, 15) is 0 Å². The number of hydrogen-bond acceptors (Lipinski definition) is 4. The number of hydrogen-bond donors (Lipinski definition) is 0. The van der Waals surface area contributed by atoms with E-state index in [-0.39, 0.29) is 0 Å². The van der Waals surface area contributed by atoms with Crippen LogP contribution >= 0.6 is 27.3 Å². The van der Waals surface area contributed by atoms with Gasteiger partial charge in [0.2, 0.25) is 0 Å². The molecule has 0 amide bonds. The van der Waals surface area contributed by atoms with Gasteiger partial charge in [0, 0.05) is 20.5 Å². The molecule has 1 aromatic carbocycles. The van der Waals surface area contributed by atoms with Crippen LogP contribution < -0.4 is 0 Å². The van der Waals surface area contributed by atoms with Crippen molar-refractivity contribution in [3.63, 3.8) is 0 Å². The molecule has 0 spiro atoms. The number of unbranched alkanes of at least 4 members (excludes halogenated alkanes) is 3. The molecule has 0 saturated heterocycles. The molecule has 4 rings (SSSR count). The Morgan fingerprint density at radius 2 is 1.96 bits per heavy atom. The Kier molecular flexibility index (Phi) is 5.55. The standard InChI is InChI=1S/C21H23BrN4S/c1-3-4-5-6-9-15-12-17-20(16-10-7-8-11-18(16)22)23-13-19-25-24-14(2)26(19)21(17)27-15/h7-8,10-12H,3-6,9,13H2,1-2H3. The Balaban J connectivity index is 1.78. The van der Waals surface area contributed by atoms with E-state index in [0.29, 0.717) is 6.54 Å². The van der Waals surface area contributed by atoms with E-state index in [1.165, 1.54) is 41.1 Å². The molecule has 0 fully saturated rings. The third kappa shape index (κ3) is 3.65. The lowest BCUT2D eigenvalue weighted by Crippen LogP contribution is -2.05. The van der Waals surface area contributed by atoms with Gasteiger partial charge in [-0.15, -0.1) is 21.5 Å². The van der Waals surface area contributed by atoms with Crippen molar-refractivity contribution in [1.82, 2.24) is 14.8 Å². The van der Waals surface area contributed by atoms with Crippen LogP contribution in [-0.4, -0.2) is 20.5 Å². The molecule has 0 radical (unpaired) electrons. The highest BCUT2D eigenvalue weighted by Crippen LogP contribution is 2.35. The number of aliphatic imine (C=N–C) groups is 1. The Morgan fingerprint density at radius 3 is 2.78 bits per heavy atom. The van der Waals surface area contributed by atoms with Crippen LogP contribution in [0.5, 0.6) is 0 Å². The van der Waals surface area contributed by atoms with E-state index in [4.69, 9.17) is 4.99 Å². The van der Waals surface area contributed by atoms with Gasteiger partial charge in [0.25, 0.3) is 0 Å². The van der Waals surface area contributed by atoms with E-state index < -0.39 is 0 Å². The van der Waals surface area contributed by atoms with Gasteiger partial charge in [-0.3, -0.25) is 9.56 Å². The third-order valence-electron chi connectivity index (χ3n) is 4.90. The van der Waals surface area contributed by atoms with Gasteiger partial charge in [0.05, 0.1) is 5.71 Å². The van der Waals surface area contributed by atoms with E-state index in [0.717, 1.165) is 33.8 Å². The second-order valence-corrected chi connectivity index (χ2v) is 8.86. The molecule has 0 N–H and O–H groups in total. The molecule has 140 valence electrons. The monoisotopic (exact) mass is 442 g/mol. The molecule has 2 aromatic heterocycles. The molecule has 0 atom stereocenters. The maximum atomic E-state index is 4.94. The number of nitrogens with zero attached hydrogens (tertiary/aromatic N) is 4. The summed E-state index contributed by atoms with van der Waals surface area (Å²) in [5.74, 6) is 1.84. The van der Waals surface area contributed by atoms with Gasteiger partial charge in [0.1, 0.15) is 17.4 Å². The SMILES string of the molecule is CCCCCCc1cc2c(s1)-n1c(C)nnc1CN=C2c1ccccc1Br. The molecule has 0 bridgehead atoms. The van der Waals surface area contributed by atoms with Gasteiger partial charge >= 0.3 is 0 Å². The third-order valence-corrected chi connectivity index (χ3v) is 6.77. The smallest absolute Gasteiger partial charge is 0.160 e.